The maximum absolute atomic E-state index is 13.0. The fourth-order valence-corrected chi connectivity index (χ4v) is 3.14. The lowest BCUT2D eigenvalue weighted by atomic mass is 10.1. The summed E-state index contributed by atoms with van der Waals surface area (Å²) in [5.41, 5.74) is 5.65. The van der Waals surface area contributed by atoms with E-state index in [9.17, 15) is 9.59 Å². The number of aromatic nitrogens is 1. The number of nitrogens with one attached hydrogen (secondary N) is 1. The Morgan fingerprint density at radius 2 is 1.83 bits per heavy atom. The maximum Gasteiger partial charge on any atom is 0.279 e. The Morgan fingerprint density at radius 3 is 2.57 bits per heavy atom. The van der Waals surface area contributed by atoms with E-state index in [-0.39, 0.29) is 17.2 Å². The zero-order valence-electron chi connectivity index (χ0n) is 15.8. The van der Waals surface area contributed by atoms with E-state index in [4.69, 9.17) is 5.21 Å². The van der Waals surface area contributed by atoms with Crippen LogP contribution >= 0.6 is 0 Å². The van der Waals surface area contributed by atoms with E-state index in [1.54, 1.807) is 11.0 Å². The molecular weight excluding hydrogens is 382 g/mol. The topological polar surface area (TPSA) is 107 Å². The number of hydrogen-bond donors (Lipinski definition) is 2. The molecule has 0 bridgehead atoms. The molecule has 2 N–H and O–H groups in total. The maximum atomic E-state index is 13.0. The summed E-state index contributed by atoms with van der Waals surface area (Å²) in [7, 11) is 0. The first kappa shape index (κ1) is 19.0. The van der Waals surface area contributed by atoms with Gasteiger partial charge in [0.25, 0.3) is 11.8 Å². The number of carbonyl (C=O) groups is 2. The van der Waals surface area contributed by atoms with Crippen molar-refractivity contribution in [2.24, 2.45) is 10.3 Å². The van der Waals surface area contributed by atoms with E-state index >= 15 is 0 Å². The molecule has 2 amide bonds. The van der Waals surface area contributed by atoms with E-state index < -0.39 is 5.91 Å². The van der Waals surface area contributed by atoms with Crippen molar-refractivity contribution < 1.29 is 14.8 Å². The van der Waals surface area contributed by atoms with Crippen molar-refractivity contribution >= 4 is 29.4 Å². The molecule has 0 fully saturated rings. The van der Waals surface area contributed by atoms with Crippen LogP contribution in [0.3, 0.4) is 0 Å². The Bertz CT molecular complexity index is 1140. The minimum atomic E-state index is -0.505. The first-order valence-corrected chi connectivity index (χ1v) is 9.14. The minimum Gasteiger partial charge on any atom is -0.411 e. The number of fused-ring (bicyclic) bond motifs is 1. The zero-order valence-corrected chi connectivity index (χ0v) is 15.8. The van der Waals surface area contributed by atoms with Gasteiger partial charge in [0.1, 0.15) is 0 Å². The largest absolute Gasteiger partial charge is 0.411 e. The first-order chi connectivity index (χ1) is 14.7. The lowest BCUT2D eigenvalue weighted by Crippen LogP contribution is -2.31. The van der Waals surface area contributed by atoms with Gasteiger partial charge < -0.3 is 10.1 Å². The smallest absolute Gasteiger partial charge is 0.279 e. The van der Waals surface area contributed by atoms with Crippen LogP contribution in [0.15, 0.2) is 83.2 Å². The fraction of sp³-hybridized carbons (Fsp3) is 0.0455. The van der Waals surface area contributed by atoms with Crippen LogP contribution in [0, 0.1) is 0 Å². The van der Waals surface area contributed by atoms with Gasteiger partial charge in [-0.05, 0) is 23.8 Å². The highest BCUT2D eigenvalue weighted by molar-refractivity contribution is 6.54. The third-order valence-corrected chi connectivity index (χ3v) is 4.59. The second-order valence-corrected chi connectivity index (χ2v) is 6.51. The van der Waals surface area contributed by atoms with Crippen molar-refractivity contribution in [3.05, 3.63) is 95.3 Å². The van der Waals surface area contributed by atoms with E-state index in [0.717, 1.165) is 17.5 Å². The molecule has 8 nitrogen and oxygen atoms in total. The third kappa shape index (κ3) is 3.79. The van der Waals surface area contributed by atoms with Crippen LogP contribution < -0.4 is 10.3 Å². The summed E-state index contributed by atoms with van der Waals surface area (Å²) in [6.45, 7) is 0.404. The number of amides is 2. The molecule has 0 saturated carbocycles. The second-order valence-electron chi connectivity index (χ2n) is 6.51. The molecular formula is C22H17N5O3. The molecule has 0 unspecified atom stereocenters. The Morgan fingerprint density at radius 1 is 1.07 bits per heavy atom. The van der Waals surface area contributed by atoms with E-state index in [0.29, 0.717) is 17.8 Å². The Kier molecular flexibility index (Phi) is 5.29. The number of carbonyl (C=O) groups excluding carboxylic acids is 2. The van der Waals surface area contributed by atoms with Gasteiger partial charge in [-0.3, -0.25) is 14.6 Å². The predicted octanol–water partition coefficient (Wildman–Crippen LogP) is 2.57. The number of hydrogen-bond acceptors (Lipinski definition) is 6. The normalized spacial score (nSPS) is 14.3. The molecule has 0 radical (unpaired) electrons. The molecule has 1 aromatic heterocycles. The summed E-state index contributed by atoms with van der Waals surface area (Å²) in [5, 5.41) is 15.5. The summed E-state index contributed by atoms with van der Waals surface area (Å²) in [6, 6.07) is 20.0. The van der Waals surface area contributed by atoms with Gasteiger partial charge >= 0.3 is 0 Å². The van der Waals surface area contributed by atoms with E-state index in [1.807, 2.05) is 48.5 Å². The number of nitrogens with zero attached hydrogens (tertiary/aromatic N) is 4. The molecule has 30 heavy (non-hydrogen) atoms. The highest BCUT2D eigenvalue weighted by Crippen LogP contribution is 2.30. The number of oxime groups is 1. The molecule has 3 aromatic rings. The molecule has 4 rings (SSSR count). The number of anilines is 1. The number of para-hydroxylation sites is 1. The van der Waals surface area contributed by atoms with Crippen molar-refractivity contribution in [3.63, 3.8) is 0 Å². The average molecular weight is 399 g/mol. The lowest BCUT2D eigenvalue weighted by molar-refractivity contribution is -0.112. The Labute approximate surface area is 172 Å². The van der Waals surface area contributed by atoms with Gasteiger partial charge in [0, 0.05) is 11.8 Å². The third-order valence-electron chi connectivity index (χ3n) is 4.59. The molecule has 2 heterocycles. The van der Waals surface area contributed by atoms with Crippen molar-refractivity contribution in [2.45, 2.75) is 6.54 Å². The molecule has 0 saturated heterocycles. The summed E-state index contributed by atoms with van der Waals surface area (Å²) < 4.78 is 0. The van der Waals surface area contributed by atoms with Crippen molar-refractivity contribution in [3.8, 4) is 0 Å². The molecule has 0 aliphatic carbocycles. The van der Waals surface area contributed by atoms with Crippen LogP contribution in [0.2, 0.25) is 0 Å². The summed E-state index contributed by atoms with van der Waals surface area (Å²) in [4.78, 5) is 31.0. The number of hydrazone groups is 1. The minimum absolute atomic E-state index is 0.173. The van der Waals surface area contributed by atoms with Gasteiger partial charge in [-0.25, -0.2) is 5.43 Å². The lowest BCUT2D eigenvalue weighted by Gasteiger charge is -2.16. The van der Waals surface area contributed by atoms with Crippen molar-refractivity contribution in [1.82, 2.24) is 10.4 Å². The van der Waals surface area contributed by atoms with Gasteiger partial charge in [-0.1, -0.05) is 53.7 Å². The number of benzene rings is 2. The first-order valence-electron chi connectivity index (χ1n) is 9.14. The molecule has 1 aliphatic rings. The SMILES string of the molecule is O=C(N/N=C1\C(=O)N(Cc2ccccc2)c2ccccc21)c1ccc(/C=N/O)nc1. The highest BCUT2D eigenvalue weighted by Gasteiger charge is 2.34. The second kappa shape index (κ2) is 8.36. The van der Waals surface area contributed by atoms with Crippen LogP contribution in [0.5, 0.6) is 0 Å². The summed E-state index contributed by atoms with van der Waals surface area (Å²) >= 11 is 0. The number of pyridine rings is 1. The van der Waals surface area contributed by atoms with Gasteiger partial charge in [0.2, 0.25) is 0 Å². The monoisotopic (exact) mass is 399 g/mol. The van der Waals surface area contributed by atoms with Crippen LogP contribution in [-0.2, 0) is 11.3 Å². The highest BCUT2D eigenvalue weighted by atomic mass is 16.4. The molecule has 0 spiro atoms. The van der Waals surface area contributed by atoms with E-state index in [2.05, 4.69) is 20.7 Å². The van der Waals surface area contributed by atoms with E-state index in [1.165, 1.54) is 18.3 Å². The molecule has 8 heteroatoms. The van der Waals surface area contributed by atoms with Crippen LogP contribution in [-0.4, -0.2) is 33.9 Å². The van der Waals surface area contributed by atoms with Crippen LogP contribution in [0.1, 0.15) is 27.2 Å². The molecule has 0 atom stereocenters. The van der Waals surface area contributed by atoms with Gasteiger partial charge in [0.15, 0.2) is 5.71 Å². The fourth-order valence-electron chi connectivity index (χ4n) is 3.14. The van der Waals surface area contributed by atoms with Crippen molar-refractivity contribution in [1.29, 1.82) is 0 Å². The zero-order chi connectivity index (χ0) is 20.9. The van der Waals surface area contributed by atoms with Gasteiger partial charge in [-0.15, -0.1) is 0 Å². The van der Waals surface area contributed by atoms with Crippen molar-refractivity contribution in [2.75, 3.05) is 4.90 Å². The van der Waals surface area contributed by atoms with Crippen LogP contribution in [0.25, 0.3) is 0 Å². The molecule has 2 aromatic carbocycles. The Hall–Kier alpha value is -4.33. The summed E-state index contributed by atoms with van der Waals surface area (Å²) in [6.07, 6.45) is 2.48. The predicted molar refractivity (Wildman–Crippen MR) is 112 cm³/mol. The standard InChI is InChI=1S/C22H17N5O3/c28-21(16-10-11-17(13-24-30)23-12-16)26-25-20-18-8-4-5-9-19(18)27(22(20)29)14-15-6-2-1-3-7-15/h1-13,30H,14H2,(H,26,28)/b24-13+,25-20-. The van der Waals surface area contributed by atoms with Crippen LogP contribution in [0.4, 0.5) is 5.69 Å². The summed E-state index contributed by atoms with van der Waals surface area (Å²) in [5.74, 6) is -0.790. The van der Waals surface area contributed by atoms with Gasteiger partial charge in [0.05, 0.1) is 29.7 Å². The Balaban J connectivity index is 1.56. The quantitative estimate of drug-likeness (QED) is 0.391. The molecule has 148 valence electrons. The molecule has 1 aliphatic heterocycles. The van der Waals surface area contributed by atoms with Gasteiger partial charge in [-0.2, -0.15) is 5.10 Å². The number of rotatable bonds is 5. The average Bonchev–Trinajstić information content (AvgIpc) is 3.04.